The van der Waals surface area contributed by atoms with Crippen molar-refractivity contribution >= 4 is 13.7 Å². The fourth-order valence-electron chi connectivity index (χ4n) is 11.2. The Balaban J connectivity index is 4.06. The first-order valence-electron chi connectivity index (χ1n) is 38.9. The van der Waals surface area contributed by atoms with Crippen molar-refractivity contribution in [3.63, 3.8) is 0 Å². The summed E-state index contributed by atoms with van der Waals surface area (Å²) in [7, 11) is 1.24. The van der Waals surface area contributed by atoms with Gasteiger partial charge >= 0.3 is 0 Å². The van der Waals surface area contributed by atoms with Gasteiger partial charge in [0.05, 0.1) is 39.9 Å². The van der Waals surface area contributed by atoms with Crippen molar-refractivity contribution in [3.05, 3.63) is 122 Å². The van der Waals surface area contributed by atoms with Gasteiger partial charge in [0.15, 0.2) is 0 Å². The molecular weight excluding hydrogens is 1150 g/mol. The first kappa shape index (κ1) is 88.9. The van der Waals surface area contributed by atoms with Crippen LogP contribution in [0.2, 0.25) is 0 Å². The number of carbonyl (C=O) groups is 1. The van der Waals surface area contributed by atoms with Crippen LogP contribution >= 0.6 is 7.82 Å². The average Bonchev–Trinajstić information content (AvgIpc) is 2.63. The number of phosphoric acid groups is 1. The Morgan fingerprint density at radius 1 is 0.391 bits per heavy atom. The van der Waals surface area contributed by atoms with Crippen LogP contribution in [0.3, 0.4) is 0 Å². The Bertz CT molecular complexity index is 1920. The maximum Gasteiger partial charge on any atom is 0.268 e. The highest BCUT2D eigenvalue weighted by molar-refractivity contribution is 7.45. The van der Waals surface area contributed by atoms with Crippen molar-refractivity contribution in [1.82, 2.24) is 5.32 Å². The molecule has 0 radical (unpaired) electrons. The number of hydrogen-bond donors (Lipinski definition) is 2. The third kappa shape index (κ3) is 74.3. The van der Waals surface area contributed by atoms with Gasteiger partial charge in [-0.15, -0.1) is 0 Å². The summed E-state index contributed by atoms with van der Waals surface area (Å²) in [6.07, 6.45) is 108. The van der Waals surface area contributed by atoms with Gasteiger partial charge in [-0.2, -0.15) is 0 Å². The van der Waals surface area contributed by atoms with E-state index < -0.39 is 26.6 Å². The normalized spacial score (nSPS) is 14.2. The highest BCUT2D eigenvalue weighted by atomic mass is 31.2. The number of quaternary nitrogens is 1. The minimum absolute atomic E-state index is 0.0102. The fourth-order valence-corrected chi connectivity index (χ4v) is 11.9. The number of phosphoric ester groups is 1. The Labute approximate surface area is 571 Å². The standard InChI is InChI=1S/C83H149N2O6P/c1-6-8-10-12-14-16-18-20-22-24-26-28-30-32-34-36-38-39-40-41-42-43-44-45-47-49-51-53-55-57-59-61-63-65-67-69-71-73-75-77-83(87)84-81(80-91-92(88,89)90-79-78-85(3,4)5)82(86)76-74-72-70-68-66-64-62-60-58-56-54-52-50-48-46-37-35-33-31-29-27-25-23-21-19-17-15-13-11-9-7-2/h8,10,14,16,20,22,26,28,32,34,38-39,41-42,44-45,66,68,74,76,81-82,86H,6-7,9,11-13,15,17-19,21,23-25,27,29-31,33,35-37,40,43,46-65,67,69-73,75,77-80H2,1-5H3,(H-,84,87,88,89)/b10-8-,16-14-,22-20-,28-26-,34-32-,39-38-,42-41-,45-44-,68-66+,76-74+. The maximum atomic E-state index is 13.1. The molecule has 0 aliphatic carbocycles. The molecule has 0 heterocycles. The molecule has 0 saturated carbocycles. The first-order valence-corrected chi connectivity index (χ1v) is 40.4. The van der Waals surface area contributed by atoms with Gasteiger partial charge in [-0.25, -0.2) is 0 Å². The van der Waals surface area contributed by atoms with Crippen LogP contribution in [0.25, 0.3) is 0 Å². The number of likely N-dealkylation sites (N-methyl/N-ethyl adjacent to an activating group) is 1. The molecular formula is C83H149N2O6P. The minimum atomic E-state index is -4.62. The number of hydrogen-bond acceptors (Lipinski definition) is 6. The number of carbonyl (C=O) groups excluding carboxylic acids is 1. The molecule has 8 nitrogen and oxygen atoms in total. The Kier molecular flexibility index (Phi) is 69.7. The predicted octanol–water partition coefficient (Wildman–Crippen LogP) is 24.9. The van der Waals surface area contributed by atoms with Gasteiger partial charge in [-0.05, 0) is 96.3 Å². The molecule has 0 fully saturated rings. The molecule has 1 amide bonds. The zero-order valence-electron chi connectivity index (χ0n) is 61.0. The van der Waals surface area contributed by atoms with E-state index in [1.54, 1.807) is 6.08 Å². The molecule has 0 aromatic rings. The number of rotatable bonds is 71. The van der Waals surface area contributed by atoms with Crippen LogP contribution in [0.5, 0.6) is 0 Å². The molecule has 9 heteroatoms. The molecule has 0 rings (SSSR count). The molecule has 0 aliphatic heterocycles. The lowest BCUT2D eigenvalue weighted by Crippen LogP contribution is -2.45. The molecule has 0 aromatic carbocycles. The van der Waals surface area contributed by atoms with Gasteiger partial charge in [-0.1, -0.05) is 367 Å². The number of amides is 1. The van der Waals surface area contributed by atoms with E-state index in [1.807, 2.05) is 27.2 Å². The lowest BCUT2D eigenvalue weighted by molar-refractivity contribution is -0.870. The van der Waals surface area contributed by atoms with Crippen LogP contribution in [0.1, 0.15) is 348 Å². The predicted molar refractivity (Wildman–Crippen MR) is 403 cm³/mol. The van der Waals surface area contributed by atoms with E-state index in [0.717, 1.165) is 89.9 Å². The van der Waals surface area contributed by atoms with Crippen molar-refractivity contribution in [3.8, 4) is 0 Å². The Morgan fingerprint density at radius 3 is 1.01 bits per heavy atom. The van der Waals surface area contributed by atoms with Crippen molar-refractivity contribution in [2.45, 2.75) is 360 Å². The summed E-state index contributed by atoms with van der Waals surface area (Å²) in [5.41, 5.74) is 0. The lowest BCUT2D eigenvalue weighted by atomic mass is 10.0. The SMILES string of the molecule is CC/C=C\C/C=C\C/C=C\C/C=C\C/C=C\C/C=C\C/C=C\C/C=C\CCCCCCCCCCCCCCCCC(=O)NC(COP(=O)([O-])OCC[N+](C)(C)C)C(O)/C=C/CC/C=C/CCCCCCCCCCCCCCCCCCCCCCCCCCC. The highest BCUT2D eigenvalue weighted by Gasteiger charge is 2.23. The van der Waals surface area contributed by atoms with Crippen LogP contribution < -0.4 is 10.2 Å². The summed E-state index contributed by atoms with van der Waals surface area (Å²) in [6.45, 7) is 4.55. The van der Waals surface area contributed by atoms with E-state index in [9.17, 15) is 19.4 Å². The molecule has 532 valence electrons. The van der Waals surface area contributed by atoms with Gasteiger partial charge in [0.25, 0.3) is 7.82 Å². The number of unbranched alkanes of at least 4 members (excludes halogenated alkanes) is 40. The molecule has 0 bridgehead atoms. The first-order chi connectivity index (χ1) is 45.0. The molecule has 92 heavy (non-hydrogen) atoms. The van der Waals surface area contributed by atoms with Gasteiger partial charge < -0.3 is 28.8 Å². The van der Waals surface area contributed by atoms with Gasteiger partial charge in [0, 0.05) is 6.42 Å². The summed E-state index contributed by atoms with van der Waals surface area (Å²) in [4.78, 5) is 25.7. The van der Waals surface area contributed by atoms with Gasteiger partial charge in [0.1, 0.15) is 13.2 Å². The Morgan fingerprint density at radius 2 is 0.674 bits per heavy atom. The van der Waals surface area contributed by atoms with E-state index in [0.29, 0.717) is 17.4 Å². The number of nitrogens with zero attached hydrogens (tertiary/aromatic N) is 1. The second-order valence-corrected chi connectivity index (χ2v) is 28.7. The highest BCUT2D eigenvalue weighted by Crippen LogP contribution is 2.38. The van der Waals surface area contributed by atoms with E-state index >= 15 is 0 Å². The number of aliphatic hydroxyl groups excluding tert-OH is 1. The van der Waals surface area contributed by atoms with Gasteiger partial charge in [0.2, 0.25) is 5.91 Å². The van der Waals surface area contributed by atoms with Gasteiger partial charge in [-0.3, -0.25) is 9.36 Å². The number of allylic oxidation sites excluding steroid dienone is 19. The molecule has 3 unspecified atom stereocenters. The van der Waals surface area contributed by atoms with Crippen LogP contribution in [-0.2, 0) is 18.4 Å². The topological polar surface area (TPSA) is 108 Å². The second kappa shape index (κ2) is 72.2. The monoisotopic (exact) mass is 1300 g/mol. The summed E-state index contributed by atoms with van der Waals surface area (Å²) < 4.78 is 23.5. The van der Waals surface area contributed by atoms with E-state index in [4.69, 9.17) is 9.05 Å². The lowest BCUT2D eigenvalue weighted by Gasteiger charge is -2.29. The van der Waals surface area contributed by atoms with E-state index in [2.05, 4.69) is 129 Å². The minimum Gasteiger partial charge on any atom is -0.756 e. The third-order valence-corrected chi connectivity index (χ3v) is 18.1. The largest absolute Gasteiger partial charge is 0.756 e. The zero-order valence-corrected chi connectivity index (χ0v) is 61.9. The quantitative estimate of drug-likeness (QED) is 0.0272. The summed E-state index contributed by atoms with van der Waals surface area (Å²) in [6, 6.07) is -0.913. The van der Waals surface area contributed by atoms with Crippen molar-refractivity contribution in [1.29, 1.82) is 0 Å². The van der Waals surface area contributed by atoms with Crippen LogP contribution in [0, 0.1) is 0 Å². The van der Waals surface area contributed by atoms with Crippen molar-refractivity contribution in [2.75, 3.05) is 40.9 Å². The van der Waals surface area contributed by atoms with Crippen molar-refractivity contribution < 1.29 is 32.9 Å². The van der Waals surface area contributed by atoms with Crippen LogP contribution in [0.4, 0.5) is 0 Å². The smallest absolute Gasteiger partial charge is 0.268 e. The molecule has 2 N–H and O–H groups in total. The molecule has 3 atom stereocenters. The maximum absolute atomic E-state index is 13.1. The van der Waals surface area contributed by atoms with Crippen molar-refractivity contribution in [2.24, 2.45) is 0 Å². The number of aliphatic hydroxyl groups is 1. The number of nitrogens with one attached hydrogen (secondary N) is 1. The third-order valence-electron chi connectivity index (χ3n) is 17.2. The van der Waals surface area contributed by atoms with Crippen LogP contribution in [0.15, 0.2) is 122 Å². The average molecular weight is 1300 g/mol. The zero-order chi connectivity index (χ0) is 66.9. The molecule has 0 saturated heterocycles. The molecule has 0 spiro atoms. The van der Waals surface area contributed by atoms with E-state index in [1.165, 1.54) is 238 Å². The second-order valence-electron chi connectivity index (χ2n) is 27.3. The molecule has 0 aliphatic rings. The summed E-state index contributed by atoms with van der Waals surface area (Å²) in [5, 5.41) is 14.0. The summed E-state index contributed by atoms with van der Waals surface area (Å²) in [5.74, 6) is -0.208. The van der Waals surface area contributed by atoms with Crippen LogP contribution in [-0.4, -0.2) is 68.5 Å². The Hall–Kier alpha value is -3.10. The summed E-state index contributed by atoms with van der Waals surface area (Å²) >= 11 is 0. The molecule has 0 aromatic heterocycles. The van der Waals surface area contributed by atoms with E-state index in [-0.39, 0.29) is 12.5 Å². The fraction of sp³-hybridized carbons (Fsp3) is 0.747.